The Morgan fingerprint density at radius 2 is 1.76 bits per heavy atom. The molecule has 0 spiro atoms. The van der Waals surface area contributed by atoms with Gasteiger partial charge in [0, 0.05) is 12.6 Å². The van der Waals surface area contributed by atoms with Crippen molar-refractivity contribution in [3.63, 3.8) is 0 Å². The van der Waals surface area contributed by atoms with Gasteiger partial charge in [0.2, 0.25) is 0 Å². The van der Waals surface area contributed by atoms with Gasteiger partial charge in [-0.15, -0.1) is 0 Å². The lowest BCUT2D eigenvalue weighted by Crippen LogP contribution is -2.48. The van der Waals surface area contributed by atoms with E-state index in [0.29, 0.717) is 13.0 Å². The fraction of sp³-hybridized carbons (Fsp3) is 0.731. The Labute approximate surface area is 224 Å². The van der Waals surface area contributed by atoms with Crippen LogP contribution in [-0.2, 0) is 23.1 Å². The van der Waals surface area contributed by atoms with Crippen LogP contribution in [0.1, 0.15) is 54.9 Å². The molecule has 0 aromatic rings. The Balaban J connectivity index is 2.30. The standard InChI is InChI=1S/C26H45N3O6Si2/c1-12-32-23(30)18(16-27)19-13-14-29(24(31)28-19)22-15-20(35-37(10,11)26(5,6)7)21(34-22)17-33-36(8,9)25(2,3)4/h13-14,20-22H,12,15,17H2,1-11H3,(H,28,31)/b19-18+/t20-,21+,22+/m0/s1. The highest BCUT2D eigenvalue weighted by Gasteiger charge is 2.48. The third kappa shape index (κ3) is 7.32. The predicted molar refractivity (Wildman–Crippen MR) is 147 cm³/mol. The van der Waals surface area contributed by atoms with Crippen molar-refractivity contribution in [1.82, 2.24) is 10.2 Å². The van der Waals surface area contributed by atoms with Gasteiger partial charge in [0.25, 0.3) is 0 Å². The predicted octanol–water partition coefficient (Wildman–Crippen LogP) is 5.39. The van der Waals surface area contributed by atoms with E-state index in [1.54, 1.807) is 6.92 Å². The Kier molecular flexibility index (Phi) is 9.64. The first-order valence-electron chi connectivity index (χ1n) is 12.9. The van der Waals surface area contributed by atoms with Crippen molar-refractivity contribution in [3.8, 4) is 6.07 Å². The van der Waals surface area contributed by atoms with Gasteiger partial charge < -0.3 is 23.6 Å². The highest BCUT2D eigenvalue weighted by molar-refractivity contribution is 6.74. The molecule has 2 heterocycles. The van der Waals surface area contributed by atoms with E-state index in [4.69, 9.17) is 18.3 Å². The summed E-state index contributed by atoms with van der Waals surface area (Å²) in [5.74, 6) is -0.777. The third-order valence-corrected chi connectivity index (χ3v) is 16.9. The normalized spacial score (nSPS) is 24.5. The summed E-state index contributed by atoms with van der Waals surface area (Å²) in [6.45, 7) is 24.1. The summed E-state index contributed by atoms with van der Waals surface area (Å²) < 4.78 is 24.6. The van der Waals surface area contributed by atoms with Crippen LogP contribution in [0.5, 0.6) is 0 Å². The van der Waals surface area contributed by atoms with Crippen LogP contribution in [0.15, 0.2) is 23.5 Å². The highest BCUT2D eigenvalue weighted by atomic mass is 28.4. The number of allylic oxidation sites excluding steroid dienone is 1. The van der Waals surface area contributed by atoms with Gasteiger partial charge >= 0.3 is 12.0 Å². The van der Waals surface area contributed by atoms with Crippen molar-refractivity contribution >= 4 is 28.6 Å². The molecular weight excluding hydrogens is 506 g/mol. The number of hydrogen-bond donors (Lipinski definition) is 1. The molecule has 11 heteroatoms. The lowest BCUT2D eigenvalue weighted by atomic mass is 10.1. The molecule has 0 aromatic carbocycles. The topological polar surface area (TPSA) is 110 Å². The maximum absolute atomic E-state index is 13.0. The van der Waals surface area contributed by atoms with Crippen LogP contribution in [0.3, 0.4) is 0 Å². The van der Waals surface area contributed by atoms with Crippen LogP contribution in [0.4, 0.5) is 4.79 Å². The minimum Gasteiger partial charge on any atom is -0.462 e. The van der Waals surface area contributed by atoms with Crippen molar-refractivity contribution in [2.24, 2.45) is 0 Å². The first-order valence-corrected chi connectivity index (χ1v) is 18.7. The van der Waals surface area contributed by atoms with E-state index in [2.05, 4.69) is 73.0 Å². The number of carbonyl (C=O) groups is 2. The molecule has 0 aromatic heterocycles. The van der Waals surface area contributed by atoms with Gasteiger partial charge in [0.1, 0.15) is 18.4 Å². The Bertz CT molecular complexity index is 972. The number of nitrogens with one attached hydrogen (secondary N) is 1. The smallest absolute Gasteiger partial charge is 0.351 e. The molecule has 0 radical (unpaired) electrons. The molecule has 0 saturated carbocycles. The van der Waals surface area contributed by atoms with Crippen molar-refractivity contribution in [2.45, 2.75) is 110 Å². The van der Waals surface area contributed by atoms with Gasteiger partial charge in [-0.1, -0.05) is 41.5 Å². The molecule has 37 heavy (non-hydrogen) atoms. The number of nitriles is 1. The second-order valence-electron chi connectivity index (χ2n) is 12.6. The number of carbonyl (C=O) groups excluding carboxylic acids is 2. The average Bonchev–Trinajstić information content (AvgIpc) is 3.13. The van der Waals surface area contributed by atoms with E-state index < -0.39 is 34.9 Å². The largest absolute Gasteiger partial charge is 0.462 e. The van der Waals surface area contributed by atoms with Crippen molar-refractivity contribution in [1.29, 1.82) is 5.26 Å². The van der Waals surface area contributed by atoms with E-state index in [1.165, 1.54) is 17.2 Å². The van der Waals surface area contributed by atoms with Gasteiger partial charge in [-0.05, 0) is 49.3 Å². The van der Waals surface area contributed by atoms with Gasteiger partial charge in [0.05, 0.1) is 25.0 Å². The molecule has 1 N–H and O–H groups in total. The average molecular weight is 552 g/mol. The number of urea groups is 1. The zero-order valence-electron chi connectivity index (χ0n) is 24.4. The minimum absolute atomic E-state index is 0.0127. The van der Waals surface area contributed by atoms with Gasteiger partial charge in [-0.2, -0.15) is 5.26 Å². The number of ether oxygens (including phenoxy) is 2. The van der Waals surface area contributed by atoms with Crippen LogP contribution >= 0.6 is 0 Å². The SMILES string of the molecule is CCOC(=O)/C(C#N)=C1\C=CN([C@H]2C[C@H](O[Si](C)(C)C(C)(C)C)[C@@H](CO[Si](C)(C)C(C)(C)C)O2)C(=O)N1. The van der Waals surface area contributed by atoms with E-state index in [1.807, 2.05) is 6.07 Å². The van der Waals surface area contributed by atoms with Crippen molar-refractivity contribution in [2.75, 3.05) is 13.2 Å². The summed E-state index contributed by atoms with van der Waals surface area (Å²) in [5, 5.41) is 12.1. The lowest BCUT2D eigenvalue weighted by Gasteiger charge is -2.40. The van der Waals surface area contributed by atoms with Crippen LogP contribution in [0, 0.1) is 11.3 Å². The molecule has 0 unspecified atom stereocenters. The molecule has 2 rings (SSSR count). The fourth-order valence-electron chi connectivity index (χ4n) is 3.44. The van der Waals surface area contributed by atoms with Crippen LogP contribution in [-0.4, -0.2) is 65.2 Å². The summed E-state index contributed by atoms with van der Waals surface area (Å²) in [4.78, 5) is 26.6. The zero-order chi connectivity index (χ0) is 28.4. The molecule has 9 nitrogen and oxygen atoms in total. The molecule has 0 bridgehead atoms. The first-order chi connectivity index (χ1) is 16.8. The Morgan fingerprint density at radius 3 is 2.24 bits per heavy atom. The third-order valence-electron chi connectivity index (χ3n) is 7.90. The summed E-state index contributed by atoms with van der Waals surface area (Å²) in [6, 6.07) is 1.33. The Morgan fingerprint density at radius 1 is 1.16 bits per heavy atom. The highest BCUT2D eigenvalue weighted by Crippen LogP contribution is 2.41. The van der Waals surface area contributed by atoms with Crippen molar-refractivity contribution in [3.05, 3.63) is 23.5 Å². The van der Waals surface area contributed by atoms with E-state index in [9.17, 15) is 14.9 Å². The van der Waals surface area contributed by atoms with Gasteiger partial charge in [0.15, 0.2) is 22.2 Å². The number of esters is 1. The zero-order valence-corrected chi connectivity index (χ0v) is 26.4. The second-order valence-corrected chi connectivity index (χ2v) is 22.2. The minimum atomic E-state index is -2.13. The lowest BCUT2D eigenvalue weighted by molar-refractivity contribution is -0.138. The Hall–Kier alpha value is -1.98. The molecule has 3 atom stereocenters. The van der Waals surface area contributed by atoms with Gasteiger partial charge in [-0.25, -0.2) is 9.59 Å². The van der Waals surface area contributed by atoms with Crippen LogP contribution < -0.4 is 5.32 Å². The molecule has 0 aliphatic carbocycles. The number of nitrogens with zero attached hydrogens (tertiary/aromatic N) is 2. The number of hydrogen-bond acceptors (Lipinski definition) is 7. The maximum Gasteiger partial charge on any atom is 0.351 e. The molecular formula is C26H45N3O6Si2. The first kappa shape index (κ1) is 31.2. The summed E-state index contributed by atoms with van der Waals surface area (Å²) in [6.07, 6.45) is 2.40. The molecule has 1 fully saturated rings. The fourth-order valence-corrected chi connectivity index (χ4v) is 5.82. The van der Waals surface area contributed by atoms with E-state index in [0.717, 1.165) is 0 Å². The summed E-state index contributed by atoms with van der Waals surface area (Å²) in [7, 11) is -4.15. The van der Waals surface area contributed by atoms with Crippen LogP contribution in [0.2, 0.25) is 36.3 Å². The quantitative estimate of drug-likeness (QED) is 0.186. The van der Waals surface area contributed by atoms with Crippen molar-refractivity contribution < 1.29 is 27.9 Å². The van der Waals surface area contributed by atoms with E-state index >= 15 is 0 Å². The summed E-state index contributed by atoms with van der Waals surface area (Å²) in [5.41, 5.74) is -0.148. The molecule has 2 aliphatic rings. The number of amides is 2. The molecule has 1 saturated heterocycles. The van der Waals surface area contributed by atoms with Gasteiger partial charge in [-0.3, -0.25) is 4.90 Å². The monoisotopic (exact) mass is 551 g/mol. The molecule has 208 valence electrons. The molecule has 2 aliphatic heterocycles. The second kappa shape index (κ2) is 11.4. The maximum atomic E-state index is 13.0. The van der Waals surface area contributed by atoms with Crippen LogP contribution in [0.25, 0.3) is 0 Å². The van der Waals surface area contributed by atoms with E-state index in [-0.39, 0.29) is 40.2 Å². The molecule has 2 amide bonds. The number of rotatable bonds is 8. The summed E-state index contributed by atoms with van der Waals surface area (Å²) >= 11 is 0.